The molecule has 0 atom stereocenters. The zero-order chi connectivity index (χ0) is 31.5. The highest BCUT2D eigenvalue weighted by Gasteiger charge is 2.27. The Hall–Kier alpha value is -3.69. The fourth-order valence-corrected chi connectivity index (χ4v) is 5.87. The largest absolute Gasteiger partial charge is 0.508 e. The lowest BCUT2D eigenvalue weighted by atomic mass is 9.99. The van der Waals surface area contributed by atoms with Crippen molar-refractivity contribution in [3.05, 3.63) is 59.8 Å². The maximum absolute atomic E-state index is 10.7. The molecule has 2 aliphatic rings. The number of carbonyl (C=O) groups excluding carboxylic acids is 1. The quantitative estimate of drug-likeness (QED) is 0.207. The zero-order valence-corrected chi connectivity index (χ0v) is 27.0. The lowest BCUT2D eigenvalue weighted by Gasteiger charge is -2.35. The van der Waals surface area contributed by atoms with Crippen LogP contribution in [0.5, 0.6) is 11.8 Å². The first-order valence-corrected chi connectivity index (χ1v) is 16.0. The van der Waals surface area contributed by atoms with Gasteiger partial charge in [0, 0.05) is 55.8 Å². The number of fused-ring (bicyclic) bond motifs is 2. The van der Waals surface area contributed by atoms with Crippen molar-refractivity contribution in [1.29, 1.82) is 0 Å². The number of nitrogens with zero attached hydrogens (tertiary/aromatic N) is 5. The van der Waals surface area contributed by atoms with Crippen LogP contribution < -0.4 is 14.5 Å². The Balaban J connectivity index is 0.000000818. The predicted octanol–water partition coefficient (Wildman–Crippen LogP) is 5.70. The van der Waals surface area contributed by atoms with E-state index < -0.39 is 0 Å². The van der Waals surface area contributed by atoms with Crippen molar-refractivity contribution in [3.8, 4) is 11.8 Å². The molecule has 0 unspecified atom stereocenters. The second-order valence-electron chi connectivity index (χ2n) is 11.5. The first-order valence-electron chi connectivity index (χ1n) is 16.0. The molecular weight excluding hydrogens is 554 g/mol. The van der Waals surface area contributed by atoms with Crippen LogP contribution in [0.25, 0.3) is 10.8 Å². The average Bonchev–Trinajstić information content (AvgIpc) is 3.04. The molecule has 1 N–H and O–H groups in total. The van der Waals surface area contributed by atoms with Crippen molar-refractivity contribution < 1.29 is 19.4 Å². The van der Waals surface area contributed by atoms with Crippen molar-refractivity contribution in [2.75, 3.05) is 68.9 Å². The molecule has 1 fully saturated rings. The maximum Gasteiger partial charge on any atom is 0.318 e. The molecule has 44 heavy (non-hydrogen) atoms. The van der Waals surface area contributed by atoms with E-state index in [1.54, 1.807) is 0 Å². The van der Waals surface area contributed by atoms with Crippen molar-refractivity contribution >= 4 is 28.1 Å². The van der Waals surface area contributed by atoms with E-state index in [1.165, 1.54) is 18.6 Å². The van der Waals surface area contributed by atoms with Crippen LogP contribution in [0.4, 0.5) is 11.5 Å². The van der Waals surface area contributed by atoms with E-state index in [1.807, 2.05) is 19.1 Å². The van der Waals surface area contributed by atoms with Crippen molar-refractivity contribution in [2.24, 2.45) is 0 Å². The molecule has 9 heteroatoms. The predicted molar refractivity (Wildman–Crippen MR) is 178 cm³/mol. The van der Waals surface area contributed by atoms with Gasteiger partial charge in [0.05, 0.1) is 37.7 Å². The van der Waals surface area contributed by atoms with E-state index in [2.05, 4.69) is 53.3 Å². The first-order chi connectivity index (χ1) is 21.4. The molecular formula is C35H49N5O4. The summed E-state index contributed by atoms with van der Waals surface area (Å²) < 4.78 is 11.7. The number of ether oxygens (including phenoxy) is 2. The van der Waals surface area contributed by atoms with Crippen molar-refractivity contribution in [2.45, 2.75) is 59.9 Å². The molecule has 2 aromatic carbocycles. The molecule has 5 rings (SSSR count). The summed E-state index contributed by atoms with van der Waals surface area (Å²) in [6.45, 7) is 19.8. The highest BCUT2D eigenvalue weighted by atomic mass is 16.5. The number of anilines is 2. The van der Waals surface area contributed by atoms with E-state index in [-0.39, 0.29) is 5.78 Å². The SMILES string of the molecule is C=CC(C)=O.CCCN(CCC)c1nc(OCCCN2CCOCC2)nc2c1CCN(c1c(C)c(O)cc3ccccc13)C2. The second-order valence-corrected chi connectivity index (χ2v) is 11.5. The lowest BCUT2D eigenvalue weighted by molar-refractivity contribution is -0.112. The highest BCUT2D eigenvalue weighted by molar-refractivity contribution is 5.97. The first kappa shape index (κ1) is 33.2. The van der Waals surface area contributed by atoms with Gasteiger partial charge in [-0.05, 0) is 57.1 Å². The molecule has 0 bridgehead atoms. The van der Waals surface area contributed by atoms with E-state index in [0.29, 0.717) is 24.9 Å². The van der Waals surface area contributed by atoms with Gasteiger partial charge in [0.25, 0.3) is 0 Å². The number of ketones is 1. The summed E-state index contributed by atoms with van der Waals surface area (Å²) in [6, 6.07) is 10.6. The molecule has 0 amide bonds. The summed E-state index contributed by atoms with van der Waals surface area (Å²) in [7, 11) is 0. The topological polar surface area (TPSA) is 91.3 Å². The Labute approximate surface area is 262 Å². The molecule has 1 saturated heterocycles. The van der Waals surface area contributed by atoms with Crippen LogP contribution in [0.2, 0.25) is 0 Å². The standard InChI is InChI=1S/C31H43N5O3.C4H6O/c1-4-12-35(13-5-2)30-26-11-15-36(29-23(3)28(37)21-24-9-6-7-10-25(24)29)22-27(26)32-31(33-30)39-18-8-14-34-16-19-38-20-17-34;1-3-4(2)5/h6-7,9-10,21,37H,4-5,8,11-20,22H2,1-3H3;3H,1H2,2H3. The van der Waals surface area contributed by atoms with Gasteiger partial charge in [0.1, 0.15) is 11.6 Å². The third-order valence-corrected chi connectivity index (χ3v) is 8.11. The van der Waals surface area contributed by atoms with Gasteiger partial charge in [-0.2, -0.15) is 9.97 Å². The minimum absolute atomic E-state index is 0.0185. The van der Waals surface area contributed by atoms with Crippen molar-refractivity contribution in [3.63, 3.8) is 0 Å². The Morgan fingerprint density at radius 1 is 1.14 bits per heavy atom. The van der Waals surface area contributed by atoms with Crippen LogP contribution in [0.3, 0.4) is 0 Å². The Bertz CT molecular complexity index is 1400. The smallest absolute Gasteiger partial charge is 0.318 e. The van der Waals surface area contributed by atoms with E-state index in [4.69, 9.17) is 19.4 Å². The molecule has 3 heterocycles. The normalized spacial score (nSPS) is 14.9. The third-order valence-electron chi connectivity index (χ3n) is 8.11. The summed E-state index contributed by atoms with van der Waals surface area (Å²) in [5, 5.41) is 12.9. The summed E-state index contributed by atoms with van der Waals surface area (Å²) in [4.78, 5) is 26.9. The molecule has 3 aromatic rings. The van der Waals surface area contributed by atoms with Crippen molar-refractivity contribution in [1.82, 2.24) is 14.9 Å². The van der Waals surface area contributed by atoms with Gasteiger partial charge in [-0.3, -0.25) is 9.69 Å². The monoisotopic (exact) mass is 603 g/mol. The number of carbonyl (C=O) groups is 1. The van der Waals surface area contributed by atoms with E-state index in [9.17, 15) is 9.90 Å². The molecule has 1 aromatic heterocycles. The Morgan fingerprint density at radius 2 is 1.84 bits per heavy atom. The number of benzene rings is 2. The number of aromatic hydroxyl groups is 1. The third kappa shape index (κ3) is 8.48. The summed E-state index contributed by atoms with van der Waals surface area (Å²) in [6.07, 6.45) is 5.20. The van der Waals surface area contributed by atoms with Gasteiger partial charge >= 0.3 is 6.01 Å². The number of morpholine rings is 1. The van der Waals surface area contributed by atoms with Gasteiger partial charge in [-0.15, -0.1) is 0 Å². The number of hydrogen-bond donors (Lipinski definition) is 1. The van der Waals surface area contributed by atoms with Gasteiger partial charge in [0.15, 0.2) is 5.78 Å². The van der Waals surface area contributed by atoms with Crippen LogP contribution in [-0.4, -0.2) is 84.8 Å². The minimum atomic E-state index is 0.0185. The number of allylic oxidation sites excluding steroid dienone is 1. The number of hydrogen-bond acceptors (Lipinski definition) is 9. The fraction of sp³-hybridized carbons (Fsp3) is 0.514. The van der Waals surface area contributed by atoms with Crippen LogP contribution in [0.15, 0.2) is 43.0 Å². The highest BCUT2D eigenvalue weighted by Crippen LogP contribution is 2.39. The molecule has 238 valence electrons. The maximum atomic E-state index is 10.7. The molecule has 2 aliphatic heterocycles. The summed E-state index contributed by atoms with van der Waals surface area (Å²) >= 11 is 0. The Kier molecular flexibility index (Phi) is 12.4. The van der Waals surface area contributed by atoms with Crippen LogP contribution >= 0.6 is 0 Å². The van der Waals surface area contributed by atoms with Crippen LogP contribution in [0, 0.1) is 6.92 Å². The number of phenols is 1. The zero-order valence-electron chi connectivity index (χ0n) is 27.0. The molecule has 0 aliphatic carbocycles. The van der Waals surface area contributed by atoms with Gasteiger partial charge in [-0.1, -0.05) is 44.7 Å². The summed E-state index contributed by atoms with van der Waals surface area (Å²) in [5.74, 6) is 1.38. The Morgan fingerprint density at radius 3 is 2.52 bits per heavy atom. The van der Waals surface area contributed by atoms with Gasteiger partial charge in [-0.25, -0.2) is 0 Å². The van der Waals surface area contributed by atoms with Crippen LogP contribution in [0.1, 0.15) is 56.9 Å². The second kappa shape index (κ2) is 16.4. The summed E-state index contributed by atoms with van der Waals surface area (Å²) in [5.41, 5.74) is 4.25. The van der Waals surface area contributed by atoms with E-state index >= 15 is 0 Å². The number of rotatable bonds is 12. The fourth-order valence-electron chi connectivity index (χ4n) is 5.87. The van der Waals surface area contributed by atoms with Gasteiger partial charge in [0.2, 0.25) is 0 Å². The average molecular weight is 604 g/mol. The van der Waals surface area contributed by atoms with E-state index in [0.717, 1.165) is 112 Å². The molecule has 0 spiro atoms. The van der Waals surface area contributed by atoms with Gasteiger partial charge < -0.3 is 24.4 Å². The number of phenolic OH excluding ortho intramolecular Hbond substituents is 1. The molecule has 9 nitrogen and oxygen atoms in total. The van der Waals surface area contributed by atoms with Crippen LogP contribution in [-0.2, 0) is 22.5 Å². The lowest BCUT2D eigenvalue weighted by Crippen LogP contribution is -2.37. The minimum Gasteiger partial charge on any atom is -0.508 e. The number of aromatic nitrogens is 2. The molecule has 0 radical (unpaired) electrons. The molecule has 0 saturated carbocycles.